The summed E-state index contributed by atoms with van der Waals surface area (Å²) in [5, 5.41) is 2.92. The maximum Gasteiger partial charge on any atom is 0.234 e. The molecule has 1 aliphatic heterocycles. The number of carbonyl (C=O) groups excluding carboxylic acids is 1. The molecular weight excluding hydrogens is 338 g/mol. The Hall–Kier alpha value is -1.30. The standard InChI is InChI=1S/C19H31N3O2.ClH/c1-15(2)16-4-6-17(7-5-16)24-11-9-21-18(23)12-22-10-8-19(3,13-20)14-22;/h4-7,15H,8-14,20H2,1-3H3,(H,21,23);1H. The highest BCUT2D eigenvalue weighted by atomic mass is 35.5. The number of nitrogens with one attached hydrogen (secondary N) is 1. The molecule has 1 fully saturated rings. The van der Waals surface area contributed by atoms with Gasteiger partial charge in [0.05, 0.1) is 13.1 Å². The van der Waals surface area contributed by atoms with Gasteiger partial charge in [-0.2, -0.15) is 0 Å². The second kappa shape index (κ2) is 10.00. The van der Waals surface area contributed by atoms with Gasteiger partial charge in [0, 0.05) is 6.54 Å². The minimum atomic E-state index is 0. The number of hydrogen-bond donors (Lipinski definition) is 2. The molecule has 2 rings (SSSR count). The second-order valence-corrected chi connectivity index (χ2v) is 7.40. The topological polar surface area (TPSA) is 67.6 Å². The summed E-state index contributed by atoms with van der Waals surface area (Å²) in [7, 11) is 0. The van der Waals surface area contributed by atoms with Gasteiger partial charge >= 0.3 is 0 Å². The van der Waals surface area contributed by atoms with Gasteiger partial charge in [0.2, 0.25) is 5.91 Å². The molecule has 1 aliphatic rings. The molecule has 1 unspecified atom stereocenters. The van der Waals surface area contributed by atoms with Crippen LogP contribution in [0.25, 0.3) is 0 Å². The van der Waals surface area contributed by atoms with Gasteiger partial charge in [0.15, 0.2) is 0 Å². The van der Waals surface area contributed by atoms with E-state index in [1.54, 1.807) is 0 Å². The monoisotopic (exact) mass is 369 g/mol. The fourth-order valence-electron chi connectivity index (χ4n) is 2.99. The van der Waals surface area contributed by atoms with Gasteiger partial charge in [0.1, 0.15) is 12.4 Å². The minimum Gasteiger partial charge on any atom is -0.492 e. The van der Waals surface area contributed by atoms with Crippen molar-refractivity contribution in [3.8, 4) is 5.75 Å². The van der Waals surface area contributed by atoms with E-state index in [0.29, 0.717) is 32.2 Å². The quantitative estimate of drug-likeness (QED) is 0.690. The summed E-state index contributed by atoms with van der Waals surface area (Å²) >= 11 is 0. The van der Waals surface area contributed by atoms with Crippen LogP contribution in [0.2, 0.25) is 0 Å². The van der Waals surface area contributed by atoms with Crippen molar-refractivity contribution in [3.05, 3.63) is 29.8 Å². The van der Waals surface area contributed by atoms with Crippen LogP contribution in [0, 0.1) is 5.41 Å². The molecule has 1 amide bonds. The van der Waals surface area contributed by atoms with E-state index in [2.05, 4.69) is 43.1 Å². The third-order valence-corrected chi connectivity index (χ3v) is 4.74. The van der Waals surface area contributed by atoms with Crippen LogP contribution in [0.4, 0.5) is 0 Å². The molecule has 0 radical (unpaired) electrons. The van der Waals surface area contributed by atoms with E-state index in [-0.39, 0.29) is 23.7 Å². The number of rotatable bonds is 8. The third-order valence-electron chi connectivity index (χ3n) is 4.74. The molecule has 1 atom stereocenters. The molecule has 1 heterocycles. The summed E-state index contributed by atoms with van der Waals surface area (Å²) in [5.41, 5.74) is 7.25. The van der Waals surface area contributed by atoms with Crippen LogP contribution < -0.4 is 15.8 Å². The Labute approximate surface area is 157 Å². The maximum atomic E-state index is 12.0. The normalized spacial score (nSPS) is 20.4. The molecule has 5 nitrogen and oxygen atoms in total. The van der Waals surface area contributed by atoms with E-state index in [1.165, 1.54) is 5.56 Å². The van der Waals surface area contributed by atoms with Gasteiger partial charge in [-0.25, -0.2) is 0 Å². The number of likely N-dealkylation sites (tertiary alicyclic amines) is 1. The van der Waals surface area contributed by atoms with Crippen molar-refractivity contribution in [1.82, 2.24) is 10.2 Å². The molecule has 0 spiro atoms. The predicted octanol–water partition coefficient (Wildman–Crippen LogP) is 2.40. The third kappa shape index (κ3) is 6.84. The molecule has 0 aliphatic carbocycles. The molecule has 142 valence electrons. The van der Waals surface area contributed by atoms with Crippen molar-refractivity contribution < 1.29 is 9.53 Å². The zero-order valence-corrected chi connectivity index (χ0v) is 16.4. The number of nitrogens with zero attached hydrogens (tertiary/aromatic N) is 1. The van der Waals surface area contributed by atoms with Crippen LogP contribution in [-0.4, -0.2) is 50.1 Å². The second-order valence-electron chi connectivity index (χ2n) is 7.40. The molecule has 0 aromatic heterocycles. The van der Waals surface area contributed by atoms with E-state index in [1.807, 2.05) is 12.1 Å². The number of ether oxygens (including phenoxy) is 1. The molecule has 1 aromatic rings. The zero-order chi connectivity index (χ0) is 17.6. The van der Waals surface area contributed by atoms with Gasteiger partial charge in [0.25, 0.3) is 0 Å². The summed E-state index contributed by atoms with van der Waals surface area (Å²) in [6, 6.07) is 8.13. The molecular formula is C19H32ClN3O2. The Morgan fingerprint density at radius 3 is 2.60 bits per heavy atom. The summed E-state index contributed by atoms with van der Waals surface area (Å²) in [5.74, 6) is 1.41. The predicted molar refractivity (Wildman–Crippen MR) is 105 cm³/mol. The lowest BCUT2D eigenvalue weighted by molar-refractivity contribution is -0.122. The van der Waals surface area contributed by atoms with Crippen LogP contribution in [0.5, 0.6) is 5.75 Å². The van der Waals surface area contributed by atoms with Gasteiger partial charge in [-0.05, 0) is 48.5 Å². The minimum absolute atomic E-state index is 0. The average molecular weight is 370 g/mol. The van der Waals surface area contributed by atoms with E-state index < -0.39 is 0 Å². The van der Waals surface area contributed by atoms with Gasteiger partial charge in [-0.15, -0.1) is 12.4 Å². The van der Waals surface area contributed by atoms with Crippen molar-refractivity contribution in [1.29, 1.82) is 0 Å². The lowest BCUT2D eigenvalue weighted by atomic mass is 9.90. The highest BCUT2D eigenvalue weighted by Gasteiger charge is 2.32. The SMILES string of the molecule is CC(C)c1ccc(OCCNC(=O)CN2CCC(C)(CN)C2)cc1.Cl. The Morgan fingerprint density at radius 2 is 2.04 bits per heavy atom. The molecule has 3 N–H and O–H groups in total. The first-order valence-electron chi connectivity index (χ1n) is 8.84. The van der Waals surface area contributed by atoms with Crippen LogP contribution in [0.1, 0.15) is 38.7 Å². The lowest BCUT2D eigenvalue weighted by Gasteiger charge is -2.22. The Balaban J connectivity index is 0.00000312. The van der Waals surface area contributed by atoms with Crippen LogP contribution in [-0.2, 0) is 4.79 Å². The Bertz CT molecular complexity index is 536. The number of nitrogens with two attached hydrogens (primary N) is 1. The number of carbonyl (C=O) groups is 1. The summed E-state index contributed by atoms with van der Waals surface area (Å²) < 4.78 is 5.67. The number of halogens is 1. The summed E-state index contributed by atoms with van der Waals surface area (Å²) in [6.45, 7) is 10.5. The first kappa shape index (κ1) is 21.7. The van der Waals surface area contributed by atoms with Crippen LogP contribution >= 0.6 is 12.4 Å². The van der Waals surface area contributed by atoms with E-state index in [0.717, 1.165) is 25.3 Å². The largest absolute Gasteiger partial charge is 0.492 e. The average Bonchev–Trinajstić information content (AvgIpc) is 2.93. The number of benzene rings is 1. The van der Waals surface area contributed by atoms with E-state index >= 15 is 0 Å². The van der Waals surface area contributed by atoms with E-state index in [4.69, 9.17) is 10.5 Å². The van der Waals surface area contributed by atoms with Crippen LogP contribution in [0.3, 0.4) is 0 Å². The maximum absolute atomic E-state index is 12.0. The first-order chi connectivity index (χ1) is 11.4. The highest BCUT2D eigenvalue weighted by molar-refractivity contribution is 5.85. The van der Waals surface area contributed by atoms with Crippen molar-refractivity contribution >= 4 is 18.3 Å². The molecule has 0 bridgehead atoms. The molecule has 25 heavy (non-hydrogen) atoms. The van der Waals surface area contributed by atoms with Crippen molar-refractivity contribution in [3.63, 3.8) is 0 Å². The highest BCUT2D eigenvalue weighted by Crippen LogP contribution is 2.27. The zero-order valence-electron chi connectivity index (χ0n) is 15.6. The summed E-state index contributed by atoms with van der Waals surface area (Å²) in [4.78, 5) is 14.2. The number of hydrogen-bond acceptors (Lipinski definition) is 4. The Morgan fingerprint density at radius 1 is 1.36 bits per heavy atom. The lowest BCUT2D eigenvalue weighted by Crippen LogP contribution is -2.39. The van der Waals surface area contributed by atoms with Crippen LogP contribution in [0.15, 0.2) is 24.3 Å². The molecule has 0 saturated carbocycles. The Kier molecular flexibility index (Phi) is 8.69. The van der Waals surface area contributed by atoms with Crippen molar-refractivity contribution in [2.45, 2.75) is 33.1 Å². The molecule has 6 heteroatoms. The smallest absolute Gasteiger partial charge is 0.234 e. The van der Waals surface area contributed by atoms with Crippen molar-refractivity contribution in [2.75, 3.05) is 39.3 Å². The fraction of sp³-hybridized carbons (Fsp3) is 0.632. The number of amides is 1. The van der Waals surface area contributed by atoms with Crippen molar-refractivity contribution in [2.24, 2.45) is 11.1 Å². The van der Waals surface area contributed by atoms with Gasteiger partial charge in [-0.3, -0.25) is 9.69 Å². The fourth-order valence-corrected chi connectivity index (χ4v) is 2.99. The summed E-state index contributed by atoms with van der Waals surface area (Å²) in [6.07, 6.45) is 1.06. The molecule has 1 aromatic carbocycles. The van der Waals surface area contributed by atoms with Gasteiger partial charge in [-0.1, -0.05) is 32.9 Å². The van der Waals surface area contributed by atoms with E-state index in [9.17, 15) is 4.79 Å². The van der Waals surface area contributed by atoms with Gasteiger partial charge < -0.3 is 15.8 Å². The first-order valence-corrected chi connectivity index (χ1v) is 8.84. The molecule has 1 saturated heterocycles.